The molecule has 0 fully saturated rings. The summed E-state index contributed by atoms with van der Waals surface area (Å²) in [5.41, 5.74) is 7.47. The average molecular weight is 579 g/mol. The van der Waals surface area contributed by atoms with Crippen LogP contribution in [-0.4, -0.2) is 9.97 Å². The summed E-state index contributed by atoms with van der Waals surface area (Å²) >= 11 is 1.88. The van der Waals surface area contributed by atoms with Crippen LogP contribution in [-0.2, 0) is 0 Å². The Morgan fingerprint density at radius 2 is 1.14 bits per heavy atom. The van der Waals surface area contributed by atoms with Crippen LogP contribution in [0.25, 0.3) is 97.6 Å². The van der Waals surface area contributed by atoms with Crippen molar-refractivity contribution >= 4 is 75.1 Å². The van der Waals surface area contributed by atoms with Crippen molar-refractivity contribution in [3.05, 3.63) is 133 Å². The van der Waals surface area contributed by atoms with E-state index in [1.807, 2.05) is 47.7 Å². The fourth-order valence-electron chi connectivity index (χ4n) is 6.85. The number of hydrogen-bond donors (Lipinski definition) is 0. The lowest BCUT2D eigenvalue weighted by Gasteiger charge is -2.12. The predicted octanol–water partition coefficient (Wildman–Crippen LogP) is 11.5. The Morgan fingerprint density at radius 1 is 0.455 bits per heavy atom. The molecule has 0 aliphatic heterocycles. The number of thiophene rings is 1. The lowest BCUT2D eigenvalue weighted by atomic mass is 9.92. The van der Waals surface area contributed by atoms with Gasteiger partial charge >= 0.3 is 0 Å². The summed E-state index contributed by atoms with van der Waals surface area (Å²) < 4.78 is 8.97. The van der Waals surface area contributed by atoms with Crippen LogP contribution in [0.2, 0.25) is 0 Å². The highest BCUT2D eigenvalue weighted by atomic mass is 32.1. The number of rotatable bonds is 3. The summed E-state index contributed by atoms with van der Waals surface area (Å²) in [6.07, 6.45) is 0. The molecule has 0 N–H and O–H groups in total. The second kappa shape index (κ2) is 8.96. The van der Waals surface area contributed by atoms with E-state index in [9.17, 15) is 0 Å². The van der Waals surface area contributed by atoms with Gasteiger partial charge in [0.25, 0.3) is 0 Å². The van der Waals surface area contributed by atoms with Crippen LogP contribution in [0.5, 0.6) is 0 Å². The van der Waals surface area contributed by atoms with Crippen LogP contribution in [0, 0.1) is 0 Å². The molecule has 3 aromatic heterocycles. The number of hydrogen-bond acceptors (Lipinski definition) is 4. The molecule has 3 heterocycles. The summed E-state index contributed by atoms with van der Waals surface area (Å²) in [4.78, 5) is 10.2. The molecule has 7 aromatic carbocycles. The number of para-hydroxylation sites is 1. The first kappa shape index (κ1) is 23.9. The van der Waals surface area contributed by atoms with Crippen molar-refractivity contribution in [2.24, 2.45) is 0 Å². The predicted molar refractivity (Wildman–Crippen MR) is 185 cm³/mol. The van der Waals surface area contributed by atoms with Gasteiger partial charge in [0, 0.05) is 36.7 Å². The quantitative estimate of drug-likeness (QED) is 0.196. The molecule has 0 saturated heterocycles. The van der Waals surface area contributed by atoms with Crippen molar-refractivity contribution in [2.45, 2.75) is 0 Å². The van der Waals surface area contributed by atoms with Gasteiger partial charge in [-0.05, 0) is 69.1 Å². The molecule has 0 spiro atoms. The third kappa shape index (κ3) is 3.37. The van der Waals surface area contributed by atoms with Gasteiger partial charge in [-0.2, -0.15) is 0 Å². The van der Waals surface area contributed by atoms with Crippen molar-refractivity contribution in [1.29, 1.82) is 0 Å². The van der Waals surface area contributed by atoms with E-state index < -0.39 is 0 Å². The van der Waals surface area contributed by atoms with E-state index in [0.29, 0.717) is 11.4 Å². The molecule has 0 aliphatic carbocycles. The third-order valence-electron chi connectivity index (χ3n) is 8.83. The number of nitrogens with zero attached hydrogens (tertiary/aromatic N) is 2. The molecule has 0 atom stereocenters. The third-order valence-corrected chi connectivity index (χ3v) is 9.93. The summed E-state index contributed by atoms with van der Waals surface area (Å²) in [5.74, 6) is 0.684. The minimum Gasteiger partial charge on any atom is -0.452 e. The molecular formula is C40H22N2OS. The molecule has 3 nitrogen and oxygen atoms in total. The first-order chi connectivity index (χ1) is 21.8. The number of fused-ring (bicyclic) bond motifs is 6. The van der Waals surface area contributed by atoms with Gasteiger partial charge in [0.1, 0.15) is 16.8 Å². The summed E-state index contributed by atoms with van der Waals surface area (Å²) in [7, 11) is 0. The zero-order valence-electron chi connectivity index (χ0n) is 23.4. The van der Waals surface area contributed by atoms with Crippen LogP contribution >= 0.6 is 11.3 Å². The van der Waals surface area contributed by atoms with Gasteiger partial charge in [0.2, 0.25) is 0 Å². The van der Waals surface area contributed by atoms with Crippen LogP contribution in [0.4, 0.5) is 0 Å². The lowest BCUT2D eigenvalue weighted by Crippen LogP contribution is -1.94. The first-order valence-electron chi connectivity index (χ1n) is 14.7. The van der Waals surface area contributed by atoms with Gasteiger partial charge in [0.05, 0.1) is 0 Å². The van der Waals surface area contributed by atoms with Gasteiger partial charge in [-0.15, -0.1) is 11.3 Å². The van der Waals surface area contributed by atoms with Crippen molar-refractivity contribution in [2.75, 3.05) is 0 Å². The highest BCUT2D eigenvalue weighted by Crippen LogP contribution is 2.46. The largest absolute Gasteiger partial charge is 0.452 e. The Balaban J connectivity index is 1.21. The van der Waals surface area contributed by atoms with Crippen molar-refractivity contribution in [3.63, 3.8) is 0 Å². The van der Waals surface area contributed by atoms with Crippen molar-refractivity contribution in [3.8, 4) is 33.8 Å². The SMILES string of the molecule is c1ccc(-c2nc(-c3cccc(-c4cc5sc6cccc7c8ccccc8c(c4)c5c67)c3)nc3c2oc2ccccc23)cc1. The smallest absolute Gasteiger partial charge is 0.180 e. The summed E-state index contributed by atoms with van der Waals surface area (Å²) in [5, 5.41) is 8.97. The van der Waals surface area contributed by atoms with Gasteiger partial charge < -0.3 is 4.42 Å². The summed E-state index contributed by atoms with van der Waals surface area (Å²) in [6, 6.07) is 47.1. The fraction of sp³-hybridized carbons (Fsp3) is 0. The molecule has 204 valence electrons. The maximum atomic E-state index is 6.32. The molecule has 0 unspecified atom stereocenters. The van der Waals surface area contributed by atoms with Gasteiger partial charge in [-0.3, -0.25) is 0 Å². The monoisotopic (exact) mass is 578 g/mol. The van der Waals surface area contributed by atoms with Crippen molar-refractivity contribution in [1.82, 2.24) is 9.97 Å². The minimum absolute atomic E-state index is 0.684. The lowest BCUT2D eigenvalue weighted by molar-refractivity contribution is 0.667. The van der Waals surface area contributed by atoms with E-state index in [1.165, 1.54) is 47.3 Å². The molecule has 0 aliphatic rings. The molecule has 0 saturated carbocycles. The van der Waals surface area contributed by atoms with E-state index >= 15 is 0 Å². The summed E-state index contributed by atoms with van der Waals surface area (Å²) in [6.45, 7) is 0. The molecule has 44 heavy (non-hydrogen) atoms. The zero-order valence-corrected chi connectivity index (χ0v) is 24.2. The number of benzene rings is 7. The standard InChI is InChI=1S/C40H22N2OS/c1-2-10-23(11-3-1)37-39-38(30-16-6-7-18-32(30)43-39)42-40(41-37)25-13-8-12-24(20-25)26-21-31-28-15-5-4-14-27(28)29-17-9-19-33-35(29)36(31)34(22-26)44-33/h1-22H. The maximum absolute atomic E-state index is 6.32. The van der Waals surface area contributed by atoms with Crippen LogP contribution in [0.15, 0.2) is 138 Å². The normalized spacial score (nSPS) is 12.1. The van der Waals surface area contributed by atoms with E-state index in [1.54, 1.807) is 0 Å². The van der Waals surface area contributed by atoms with E-state index in [4.69, 9.17) is 14.4 Å². The molecule has 10 rings (SSSR count). The molecule has 0 bridgehead atoms. The second-order valence-electron chi connectivity index (χ2n) is 11.3. The molecular weight excluding hydrogens is 557 g/mol. The highest BCUT2D eigenvalue weighted by molar-refractivity contribution is 7.26. The zero-order chi connectivity index (χ0) is 28.8. The van der Waals surface area contributed by atoms with Crippen LogP contribution < -0.4 is 0 Å². The second-order valence-corrected chi connectivity index (χ2v) is 12.4. The van der Waals surface area contributed by atoms with Crippen LogP contribution in [0.1, 0.15) is 0 Å². The topological polar surface area (TPSA) is 38.9 Å². The first-order valence-corrected chi connectivity index (χ1v) is 15.6. The van der Waals surface area contributed by atoms with Crippen molar-refractivity contribution < 1.29 is 4.42 Å². The number of furan rings is 1. The molecule has 0 amide bonds. The molecule has 4 heteroatoms. The Morgan fingerprint density at radius 3 is 2.02 bits per heavy atom. The Bertz CT molecular complexity index is 2720. The molecule has 10 aromatic rings. The average Bonchev–Trinajstić information content (AvgIpc) is 3.66. The van der Waals surface area contributed by atoms with Gasteiger partial charge in [-0.1, -0.05) is 97.1 Å². The Hall–Kier alpha value is -5.58. The van der Waals surface area contributed by atoms with E-state index in [0.717, 1.165) is 38.9 Å². The fourth-order valence-corrected chi connectivity index (χ4v) is 8.05. The molecule has 0 radical (unpaired) electrons. The van der Waals surface area contributed by atoms with E-state index in [2.05, 4.69) is 97.1 Å². The van der Waals surface area contributed by atoms with Crippen LogP contribution in [0.3, 0.4) is 0 Å². The highest BCUT2D eigenvalue weighted by Gasteiger charge is 2.20. The minimum atomic E-state index is 0.684. The number of aromatic nitrogens is 2. The maximum Gasteiger partial charge on any atom is 0.180 e. The Labute approximate surface area is 256 Å². The van der Waals surface area contributed by atoms with E-state index in [-0.39, 0.29) is 0 Å². The van der Waals surface area contributed by atoms with Gasteiger partial charge in [0.15, 0.2) is 11.4 Å². The van der Waals surface area contributed by atoms with Gasteiger partial charge in [-0.25, -0.2) is 9.97 Å². The Kier molecular flexibility index (Phi) is 4.87.